The van der Waals surface area contributed by atoms with Crippen molar-refractivity contribution in [1.29, 1.82) is 0 Å². The average molecular weight is 423 g/mol. The van der Waals surface area contributed by atoms with E-state index in [0.717, 1.165) is 36.8 Å². The molecule has 5 nitrogen and oxygen atoms in total. The quantitative estimate of drug-likeness (QED) is 0.575. The molecule has 0 saturated heterocycles. The lowest BCUT2D eigenvalue weighted by Crippen LogP contribution is -2.17. The van der Waals surface area contributed by atoms with E-state index in [9.17, 15) is 8.42 Å². The van der Waals surface area contributed by atoms with Gasteiger partial charge in [0.2, 0.25) is 0 Å². The molecule has 2 aromatic carbocycles. The second kappa shape index (κ2) is 7.79. The van der Waals surface area contributed by atoms with Gasteiger partial charge in [-0.2, -0.15) is 0 Å². The predicted molar refractivity (Wildman–Crippen MR) is 114 cm³/mol. The van der Waals surface area contributed by atoms with E-state index in [2.05, 4.69) is 9.71 Å². The Morgan fingerprint density at radius 2 is 1.78 bits per heavy atom. The van der Waals surface area contributed by atoms with Crippen LogP contribution in [-0.4, -0.2) is 30.9 Å². The number of anilines is 1. The van der Waals surface area contributed by atoms with Gasteiger partial charge in [0.05, 0.1) is 27.4 Å². The molecule has 0 radical (unpaired) electrons. The molecule has 0 unspecified atom stereocenters. The second-order valence-electron chi connectivity index (χ2n) is 6.43. The minimum atomic E-state index is -3.70. The van der Waals surface area contributed by atoms with Crippen LogP contribution in [0.1, 0.15) is 22.3 Å². The molecular formula is C19H22N2O3S3. The van der Waals surface area contributed by atoms with Crippen molar-refractivity contribution in [2.45, 2.75) is 36.9 Å². The first-order valence-electron chi connectivity index (χ1n) is 8.47. The molecule has 0 bridgehead atoms. The molecule has 0 atom stereocenters. The number of hydrogen-bond donors (Lipinski definition) is 2. The first-order chi connectivity index (χ1) is 12.7. The fourth-order valence-electron chi connectivity index (χ4n) is 2.95. The number of sulfonamides is 1. The number of aliphatic hydroxyl groups is 1. The van der Waals surface area contributed by atoms with E-state index in [-0.39, 0.29) is 6.61 Å². The Morgan fingerprint density at radius 3 is 2.41 bits per heavy atom. The summed E-state index contributed by atoms with van der Waals surface area (Å²) >= 11 is 2.98. The number of thiazole rings is 1. The molecule has 0 fully saturated rings. The number of fused-ring (bicyclic) bond motifs is 1. The Labute approximate surface area is 167 Å². The third-order valence-electron chi connectivity index (χ3n) is 4.50. The summed E-state index contributed by atoms with van der Waals surface area (Å²) < 4.78 is 30.6. The zero-order valence-electron chi connectivity index (χ0n) is 15.7. The van der Waals surface area contributed by atoms with Crippen LogP contribution in [0, 0.1) is 27.7 Å². The largest absolute Gasteiger partial charge is 0.396 e. The van der Waals surface area contributed by atoms with Gasteiger partial charge in [-0.3, -0.25) is 4.72 Å². The summed E-state index contributed by atoms with van der Waals surface area (Å²) in [6.07, 6.45) is 0. The van der Waals surface area contributed by atoms with Crippen LogP contribution in [0.4, 0.5) is 5.69 Å². The highest BCUT2D eigenvalue weighted by Crippen LogP contribution is 2.33. The van der Waals surface area contributed by atoms with E-state index < -0.39 is 10.0 Å². The van der Waals surface area contributed by atoms with Gasteiger partial charge in [-0.05, 0) is 68.1 Å². The van der Waals surface area contributed by atoms with E-state index in [1.165, 1.54) is 23.1 Å². The molecule has 3 aromatic rings. The van der Waals surface area contributed by atoms with Crippen molar-refractivity contribution in [1.82, 2.24) is 4.98 Å². The van der Waals surface area contributed by atoms with Crippen molar-refractivity contribution in [3.63, 3.8) is 0 Å². The number of aliphatic hydroxyl groups excluding tert-OH is 1. The van der Waals surface area contributed by atoms with Crippen LogP contribution in [0.3, 0.4) is 0 Å². The summed E-state index contributed by atoms with van der Waals surface area (Å²) in [4.78, 5) is 4.84. The SMILES string of the molecule is Cc1cc(C)c(C)c(S(=O)(=O)Nc2ccc3nc(SCCO)sc3c2)c1C. The third kappa shape index (κ3) is 4.13. The zero-order chi connectivity index (χ0) is 19.8. The summed E-state index contributed by atoms with van der Waals surface area (Å²) in [5, 5.41) is 8.95. The Balaban J connectivity index is 1.97. The van der Waals surface area contributed by atoms with Crippen molar-refractivity contribution in [2.24, 2.45) is 0 Å². The number of aryl methyl sites for hydroxylation is 2. The summed E-state index contributed by atoms with van der Waals surface area (Å²) in [7, 11) is -3.70. The molecule has 144 valence electrons. The Hall–Kier alpha value is -1.61. The molecular weight excluding hydrogens is 400 g/mol. The van der Waals surface area contributed by atoms with Gasteiger partial charge in [-0.1, -0.05) is 17.8 Å². The normalized spacial score (nSPS) is 11.9. The van der Waals surface area contributed by atoms with E-state index in [1.54, 1.807) is 12.1 Å². The van der Waals surface area contributed by atoms with Crippen LogP contribution >= 0.6 is 23.1 Å². The maximum atomic E-state index is 13.1. The number of aromatic nitrogens is 1. The van der Waals surface area contributed by atoms with E-state index in [1.807, 2.05) is 39.8 Å². The van der Waals surface area contributed by atoms with Gasteiger partial charge in [0, 0.05) is 5.75 Å². The van der Waals surface area contributed by atoms with E-state index in [0.29, 0.717) is 16.3 Å². The zero-order valence-corrected chi connectivity index (χ0v) is 18.1. The van der Waals surface area contributed by atoms with Gasteiger partial charge in [0.15, 0.2) is 4.34 Å². The predicted octanol–water partition coefficient (Wildman–Crippen LogP) is 4.42. The van der Waals surface area contributed by atoms with Crippen molar-refractivity contribution in [3.8, 4) is 0 Å². The summed E-state index contributed by atoms with van der Waals surface area (Å²) in [6, 6.07) is 7.36. The molecule has 0 saturated carbocycles. The molecule has 3 rings (SSSR count). The van der Waals surface area contributed by atoms with Crippen LogP contribution in [0.25, 0.3) is 10.2 Å². The molecule has 27 heavy (non-hydrogen) atoms. The smallest absolute Gasteiger partial charge is 0.262 e. The highest BCUT2D eigenvalue weighted by atomic mass is 32.2. The van der Waals surface area contributed by atoms with Crippen LogP contribution in [0.15, 0.2) is 33.5 Å². The number of rotatable bonds is 6. The van der Waals surface area contributed by atoms with Gasteiger partial charge in [-0.15, -0.1) is 11.3 Å². The minimum Gasteiger partial charge on any atom is -0.396 e. The number of thioether (sulfide) groups is 1. The molecule has 0 aliphatic carbocycles. The van der Waals surface area contributed by atoms with Crippen LogP contribution in [0.5, 0.6) is 0 Å². The Kier molecular flexibility index (Phi) is 5.81. The van der Waals surface area contributed by atoms with E-state index in [4.69, 9.17) is 5.11 Å². The van der Waals surface area contributed by atoms with Crippen molar-refractivity contribution < 1.29 is 13.5 Å². The van der Waals surface area contributed by atoms with Crippen LogP contribution < -0.4 is 4.72 Å². The molecule has 8 heteroatoms. The summed E-state index contributed by atoms with van der Waals surface area (Å²) in [5.74, 6) is 0.588. The molecule has 0 aliphatic rings. The van der Waals surface area contributed by atoms with Gasteiger partial charge in [0.25, 0.3) is 10.0 Å². The van der Waals surface area contributed by atoms with Gasteiger partial charge in [0.1, 0.15) is 0 Å². The molecule has 0 amide bonds. The third-order valence-corrected chi connectivity index (χ3v) is 8.30. The van der Waals surface area contributed by atoms with E-state index >= 15 is 0 Å². The first-order valence-corrected chi connectivity index (χ1v) is 11.8. The molecule has 2 N–H and O–H groups in total. The van der Waals surface area contributed by atoms with Gasteiger partial charge in [-0.25, -0.2) is 13.4 Å². The average Bonchev–Trinajstić information content (AvgIpc) is 3.00. The second-order valence-corrected chi connectivity index (χ2v) is 10.4. The maximum Gasteiger partial charge on any atom is 0.262 e. The van der Waals surface area contributed by atoms with Crippen molar-refractivity contribution in [3.05, 3.63) is 46.5 Å². The number of benzene rings is 2. The van der Waals surface area contributed by atoms with Crippen molar-refractivity contribution in [2.75, 3.05) is 17.1 Å². The summed E-state index contributed by atoms with van der Waals surface area (Å²) in [5.41, 5.74) is 4.80. The lowest BCUT2D eigenvalue weighted by molar-refractivity contribution is 0.322. The highest BCUT2D eigenvalue weighted by Gasteiger charge is 2.22. The standard InChI is InChI=1S/C19H22N2O3S3/c1-11-9-12(2)14(4)18(13(11)3)27(23,24)21-15-5-6-16-17(10-15)26-19(20-16)25-8-7-22/h5-6,9-10,21-22H,7-8H2,1-4H3. The van der Waals surface area contributed by atoms with Gasteiger partial charge >= 0.3 is 0 Å². The fourth-order valence-corrected chi connectivity index (χ4v) is 6.54. The maximum absolute atomic E-state index is 13.1. The molecule has 0 aliphatic heterocycles. The monoisotopic (exact) mass is 422 g/mol. The minimum absolute atomic E-state index is 0.0975. The first kappa shape index (κ1) is 20.1. The van der Waals surface area contributed by atoms with Crippen LogP contribution in [-0.2, 0) is 10.0 Å². The Bertz CT molecular complexity index is 1080. The summed E-state index contributed by atoms with van der Waals surface area (Å²) in [6.45, 7) is 7.63. The van der Waals surface area contributed by atoms with Crippen LogP contribution in [0.2, 0.25) is 0 Å². The fraction of sp³-hybridized carbons (Fsp3) is 0.316. The molecule has 1 aromatic heterocycles. The van der Waals surface area contributed by atoms with Gasteiger partial charge < -0.3 is 5.11 Å². The number of hydrogen-bond acceptors (Lipinski definition) is 6. The number of nitrogens with zero attached hydrogens (tertiary/aromatic N) is 1. The lowest BCUT2D eigenvalue weighted by Gasteiger charge is -2.16. The molecule has 0 spiro atoms. The molecule has 1 heterocycles. The van der Waals surface area contributed by atoms with Crippen molar-refractivity contribution >= 4 is 49.0 Å². The Morgan fingerprint density at radius 1 is 1.11 bits per heavy atom. The topological polar surface area (TPSA) is 79.3 Å². The number of nitrogens with one attached hydrogen (secondary N) is 1. The highest BCUT2D eigenvalue weighted by molar-refractivity contribution is 8.01. The lowest BCUT2D eigenvalue weighted by atomic mass is 10.0.